The lowest BCUT2D eigenvalue weighted by molar-refractivity contribution is -0.384. The number of nitro benzene ring substituents is 1. The highest BCUT2D eigenvalue weighted by atomic mass is 32.2. The van der Waals surface area contributed by atoms with Crippen LogP contribution in [0.2, 0.25) is 0 Å². The van der Waals surface area contributed by atoms with Gasteiger partial charge in [0, 0.05) is 55.8 Å². The maximum absolute atomic E-state index is 10.9. The Hall–Kier alpha value is -3.13. The van der Waals surface area contributed by atoms with Crippen molar-refractivity contribution < 1.29 is 4.92 Å². The summed E-state index contributed by atoms with van der Waals surface area (Å²) in [6.45, 7) is 3.70. The van der Waals surface area contributed by atoms with Gasteiger partial charge in [-0.1, -0.05) is 30.3 Å². The molecule has 1 aromatic heterocycles. The molecule has 1 aliphatic rings. The number of hydrogen-bond acceptors (Lipinski definition) is 7. The summed E-state index contributed by atoms with van der Waals surface area (Å²) in [5, 5.41) is 11.8. The first-order valence-electron chi connectivity index (χ1n) is 9.42. The Labute approximate surface area is 173 Å². The molecule has 0 amide bonds. The fourth-order valence-electron chi connectivity index (χ4n) is 3.33. The summed E-state index contributed by atoms with van der Waals surface area (Å²) in [4.78, 5) is 24.0. The van der Waals surface area contributed by atoms with Crippen molar-refractivity contribution in [1.82, 2.24) is 9.97 Å². The van der Waals surface area contributed by atoms with Gasteiger partial charge < -0.3 is 9.80 Å². The van der Waals surface area contributed by atoms with Gasteiger partial charge in [0.15, 0.2) is 0 Å². The van der Waals surface area contributed by atoms with Crippen LogP contribution in [0.15, 0.2) is 72.0 Å². The van der Waals surface area contributed by atoms with Crippen molar-refractivity contribution >= 4 is 29.0 Å². The van der Waals surface area contributed by atoms with Crippen LogP contribution in [-0.4, -0.2) is 41.1 Å². The zero-order valence-corrected chi connectivity index (χ0v) is 16.7. The number of non-ortho nitro benzene ring substituents is 1. The Kier molecular flexibility index (Phi) is 5.90. The third-order valence-electron chi connectivity index (χ3n) is 4.86. The highest BCUT2D eigenvalue weighted by Crippen LogP contribution is 2.26. The number of rotatable bonds is 6. The van der Waals surface area contributed by atoms with E-state index in [0.717, 1.165) is 42.6 Å². The highest BCUT2D eigenvalue weighted by molar-refractivity contribution is 7.98. The van der Waals surface area contributed by atoms with E-state index in [9.17, 15) is 10.1 Å². The minimum Gasteiger partial charge on any atom is -0.368 e. The Morgan fingerprint density at radius 1 is 0.931 bits per heavy atom. The minimum absolute atomic E-state index is 0.114. The van der Waals surface area contributed by atoms with Gasteiger partial charge in [-0.05, 0) is 17.7 Å². The van der Waals surface area contributed by atoms with Gasteiger partial charge in [0.1, 0.15) is 17.2 Å². The third-order valence-corrected chi connectivity index (χ3v) is 5.86. The van der Waals surface area contributed by atoms with Crippen LogP contribution >= 0.6 is 11.8 Å². The Morgan fingerprint density at radius 2 is 1.69 bits per heavy atom. The van der Waals surface area contributed by atoms with E-state index >= 15 is 0 Å². The van der Waals surface area contributed by atoms with Gasteiger partial charge in [0.05, 0.1) is 4.92 Å². The molecule has 29 heavy (non-hydrogen) atoms. The number of nitro groups is 1. The summed E-state index contributed by atoms with van der Waals surface area (Å²) in [6.07, 6.45) is 1.59. The molecular weight excluding hydrogens is 386 g/mol. The molecule has 0 unspecified atom stereocenters. The number of benzene rings is 2. The summed E-state index contributed by atoms with van der Waals surface area (Å²) in [6, 6.07) is 19.2. The Balaban J connectivity index is 1.37. The maximum atomic E-state index is 10.9. The van der Waals surface area contributed by atoms with Gasteiger partial charge in [0.2, 0.25) is 0 Å². The van der Waals surface area contributed by atoms with Crippen molar-refractivity contribution in [3.8, 4) is 0 Å². The second-order valence-electron chi connectivity index (χ2n) is 6.74. The smallest absolute Gasteiger partial charge is 0.269 e. The topological polar surface area (TPSA) is 75.4 Å². The monoisotopic (exact) mass is 407 g/mol. The molecule has 0 aliphatic carbocycles. The van der Waals surface area contributed by atoms with Gasteiger partial charge in [-0.2, -0.15) is 0 Å². The molecule has 4 rings (SSSR count). The van der Waals surface area contributed by atoms with Crippen molar-refractivity contribution in [3.05, 3.63) is 82.7 Å². The van der Waals surface area contributed by atoms with Crippen LogP contribution in [0.3, 0.4) is 0 Å². The van der Waals surface area contributed by atoms with Crippen molar-refractivity contribution in [2.45, 2.75) is 10.8 Å². The van der Waals surface area contributed by atoms with E-state index in [1.807, 2.05) is 18.2 Å². The lowest BCUT2D eigenvalue weighted by Crippen LogP contribution is -2.46. The minimum atomic E-state index is -0.369. The van der Waals surface area contributed by atoms with Gasteiger partial charge in [-0.25, -0.2) is 9.97 Å². The van der Waals surface area contributed by atoms with Crippen molar-refractivity contribution in [2.24, 2.45) is 0 Å². The lowest BCUT2D eigenvalue weighted by Gasteiger charge is -2.36. The van der Waals surface area contributed by atoms with E-state index in [-0.39, 0.29) is 10.6 Å². The van der Waals surface area contributed by atoms with Crippen LogP contribution < -0.4 is 9.80 Å². The van der Waals surface area contributed by atoms with Gasteiger partial charge >= 0.3 is 0 Å². The second kappa shape index (κ2) is 8.91. The Morgan fingerprint density at radius 3 is 2.45 bits per heavy atom. The molecule has 0 bridgehead atoms. The molecule has 0 radical (unpaired) electrons. The lowest BCUT2D eigenvalue weighted by atomic mass is 10.2. The number of anilines is 2. The predicted molar refractivity (Wildman–Crippen MR) is 116 cm³/mol. The first-order valence-corrected chi connectivity index (χ1v) is 10.4. The standard InChI is InChI=1S/C21H21N5O2S/c27-26(28)19-8-4-5-17(13-19)15-29-21-14-20(22-16-23-21)25-11-9-24(10-12-25)18-6-2-1-3-7-18/h1-8,13-14,16H,9-12,15H2. The largest absolute Gasteiger partial charge is 0.368 e. The Bertz CT molecular complexity index is 978. The molecule has 148 valence electrons. The molecule has 0 saturated carbocycles. The average Bonchev–Trinajstić information content (AvgIpc) is 2.79. The molecule has 7 nitrogen and oxygen atoms in total. The predicted octanol–water partition coefficient (Wildman–Crippen LogP) is 4.00. The molecule has 2 aromatic carbocycles. The third kappa shape index (κ3) is 4.83. The molecule has 2 heterocycles. The molecule has 0 N–H and O–H groups in total. The number of hydrogen-bond donors (Lipinski definition) is 0. The first-order chi connectivity index (χ1) is 14.2. The SMILES string of the molecule is O=[N+]([O-])c1cccc(CSc2cc(N3CCN(c4ccccc4)CC3)ncn2)c1. The zero-order valence-electron chi connectivity index (χ0n) is 15.8. The van der Waals surface area contributed by atoms with Gasteiger partial charge in [0.25, 0.3) is 5.69 Å². The van der Waals surface area contributed by atoms with E-state index in [1.54, 1.807) is 30.2 Å². The normalized spacial score (nSPS) is 14.1. The molecule has 3 aromatic rings. The van der Waals surface area contributed by atoms with E-state index in [2.05, 4.69) is 44.0 Å². The summed E-state index contributed by atoms with van der Waals surface area (Å²) in [7, 11) is 0. The van der Waals surface area contributed by atoms with Crippen molar-refractivity contribution in [3.63, 3.8) is 0 Å². The maximum Gasteiger partial charge on any atom is 0.269 e. The average molecular weight is 407 g/mol. The van der Waals surface area contributed by atoms with Gasteiger partial charge in [-0.3, -0.25) is 10.1 Å². The number of para-hydroxylation sites is 1. The fourth-order valence-corrected chi connectivity index (χ4v) is 4.14. The fraction of sp³-hybridized carbons (Fsp3) is 0.238. The van der Waals surface area contributed by atoms with Crippen LogP contribution in [0.4, 0.5) is 17.2 Å². The molecule has 1 fully saturated rings. The van der Waals surface area contributed by atoms with E-state index < -0.39 is 0 Å². The summed E-state index contributed by atoms with van der Waals surface area (Å²) in [5.41, 5.74) is 2.27. The molecule has 0 atom stereocenters. The molecule has 1 aliphatic heterocycles. The first kappa shape index (κ1) is 19.2. The zero-order chi connectivity index (χ0) is 20.1. The van der Waals surface area contributed by atoms with Crippen LogP contribution in [-0.2, 0) is 5.75 Å². The van der Waals surface area contributed by atoms with Crippen LogP contribution in [0.5, 0.6) is 0 Å². The van der Waals surface area contributed by atoms with Crippen molar-refractivity contribution in [2.75, 3.05) is 36.0 Å². The second-order valence-corrected chi connectivity index (χ2v) is 7.74. The van der Waals surface area contributed by atoms with Crippen LogP contribution in [0, 0.1) is 10.1 Å². The van der Waals surface area contributed by atoms with E-state index in [0.29, 0.717) is 5.75 Å². The van der Waals surface area contributed by atoms with Crippen LogP contribution in [0.1, 0.15) is 5.56 Å². The van der Waals surface area contributed by atoms with Crippen LogP contribution in [0.25, 0.3) is 0 Å². The number of thioether (sulfide) groups is 1. The summed E-state index contributed by atoms with van der Waals surface area (Å²) in [5.74, 6) is 1.55. The number of piperazine rings is 1. The molecule has 1 saturated heterocycles. The number of nitrogens with zero attached hydrogens (tertiary/aromatic N) is 5. The molecular formula is C21H21N5O2S. The summed E-state index contributed by atoms with van der Waals surface area (Å²) >= 11 is 1.56. The number of aromatic nitrogens is 2. The quantitative estimate of drug-likeness (QED) is 0.264. The van der Waals surface area contributed by atoms with Crippen molar-refractivity contribution in [1.29, 1.82) is 0 Å². The molecule has 0 spiro atoms. The van der Waals surface area contributed by atoms with Gasteiger partial charge in [-0.15, -0.1) is 11.8 Å². The highest BCUT2D eigenvalue weighted by Gasteiger charge is 2.18. The summed E-state index contributed by atoms with van der Waals surface area (Å²) < 4.78 is 0. The molecule has 8 heteroatoms. The van der Waals surface area contributed by atoms with E-state index in [4.69, 9.17) is 0 Å². The van der Waals surface area contributed by atoms with E-state index in [1.165, 1.54) is 11.8 Å².